The molecule has 0 aromatic carbocycles. The minimum Gasteiger partial charge on any atom is -0.503 e. The average molecular weight is 199 g/mol. The Morgan fingerprint density at radius 2 is 1.93 bits per heavy atom. The van der Waals surface area contributed by atoms with Crippen molar-refractivity contribution in [3.05, 3.63) is 11.8 Å². The summed E-state index contributed by atoms with van der Waals surface area (Å²) < 4.78 is 5.05. The lowest BCUT2D eigenvalue weighted by Gasteiger charge is -2.26. The Balaban J connectivity index is 2.59. The number of hydrogen-bond donors (Lipinski definition) is 1. The van der Waals surface area contributed by atoms with Gasteiger partial charge < -0.3 is 14.7 Å². The summed E-state index contributed by atoms with van der Waals surface area (Å²) in [7, 11) is 0. The molecule has 14 heavy (non-hydrogen) atoms. The number of hydrogen-bond acceptors (Lipinski definition) is 4. The van der Waals surface area contributed by atoms with E-state index in [1.54, 1.807) is 0 Å². The van der Waals surface area contributed by atoms with Gasteiger partial charge in [-0.05, 0) is 6.92 Å². The summed E-state index contributed by atoms with van der Waals surface area (Å²) in [6.45, 7) is 3.13. The van der Waals surface area contributed by atoms with Gasteiger partial charge >= 0.3 is 0 Å². The molecule has 1 amide bonds. The van der Waals surface area contributed by atoms with Crippen LogP contribution in [0.25, 0.3) is 0 Å². The highest BCUT2D eigenvalue weighted by Gasteiger charge is 2.20. The second kappa shape index (κ2) is 4.76. The van der Waals surface area contributed by atoms with Crippen LogP contribution in [-0.4, -0.2) is 48.0 Å². The highest BCUT2D eigenvalue weighted by atomic mass is 16.5. The molecule has 0 saturated carbocycles. The number of aliphatic hydroxyl groups is 1. The normalized spacial score (nSPS) is 18.1. The molecule has 0 bridgehead atoms. The molecular weight excluding hydrogens is 186 g/mol. The zero-order chi connectivity index (χ0) is 10.6. The molecule has 0 spiro atoms. The first-order chi connectivity index (χ1) is 6.61. The Morgan fingerprint density at radius 1 is 1.36 bits per heavy atom. The molecule has 0 aromatic rings. The monoisotopic (exact) mass is 199 g/mol. The van der Waals surface area contributed by atoms with Crippen molar-refractivity contribution in [3.8, 4) is 0 Å². The van der Waals surface area contributed by atoms with Crippen LogP contribution in [-0.2, 0) is 14.3 Å². The maximum absolute atomic E-state index is 11.4. The van der Waals surface area contributed by atoms with E-state index in [0.717, 1.165) is 6.08 Å². The minimum atomic E-state index is -0.511. The fourth-order valence-corrected chi connectivity index (χ4v) is 1.18. The van der Waals surface area contributed by atoms with E-state index in [2.05, 4.69) is 0 Å². The maximum Gasteiger partial charge on any atom is 0.288 e. The first-order valence-corrected chi connectivity index (χ1v) is 4.39. The molecular formula is C9H13NO4. The number of allylic oxidation sites excluding steroid dienone is 1. The zero-order valence-corrected chi connectivity index (χ0v) is 8.02. The molecule has 5 nitrogen and oxygen atoms in total. The van der Waals surface area contributed by atoms with Crippen molar-refractivity contribution < 1.29 is 19.4 Å². The Bertz CT molecular complexity index is 266. The molecule has 0 unspecified atom stereocenters. The van der Waals surface area contributed by atoms with Crippen LogP contribution in [0.15, 0.2) is 11.8 Å². The molecule has 1 N–H and O–H groups in total. The third-order valence-electron chi connectivity index (χ3n) is 1.86. The van der Waals surface area contributed by atoms with Crippen LogP contribution in [0, 0.1) is 0 Å². The summed E-state index contributed by atoms with van der Waals surface area (Å²) in [5.74, 6) is -1.35. The highest BCUT2D eigenvalue weighted by Crippen LogP contribution is 2.02. The lowest BCUT2D eigenvalue weighted by atomic mass is 10.3. The number of carbonyl (C=O) groups excluding carboxylic acids is 2. The third-order valence-corrected chi connectivity index (χ3v) is 1.86. The van der Waals surface area contributed by atoms with Crippen LogP contribution in [0.3, 0.4) is 0 Å². The van der Waals surface area contributed by atoms with Crippen molar-refractivity contribution in [2.45, 2.75) is 6.92 Å². The van der Waals surface area contributed by atoms with Gasteiger partial charge in [0.1, 0.15) is 0 Å². The van der Waals surface area contributed by atoms with Crippen molar-refractivity contribution in [1.29, 1.82) is 0 Å². The second-order valence-electron chi connectivity index (χ2n) is 3.04. The number of ether oxygens (including phenoxy) is 1. The fourth-order valence-electron chi connectivity index (χ4n) is 1.18. The Labute approximate surface area is 82.0 Å². The molecule has 1 heterocycles. The summed E-state index contributed by atoms with van der Waals surface area (Å²) in [6, 6.07) is 0. The molecule has 0 radical (unpaired) electrons. The smallest absolute Gasteiger partial charge is 0.288 e. The quantitative estimate of drug-likeness (QED) is 0.497. The molecule has 1 rings (SSSR count). The van der Waals surface area contributed by atoms with Crippen molar-refractivity contribution >= 4 is 11.7 Å². The SMILES string of the molecule is CC(=O)C=C(O)C(=O)N1CCOCC1. The fraction of sp³-hybridized carbons (Fsp3) is 0.556. The van der Waals surface area contributed by atoms with E-state index in [1.165, 1.54) is 11.8 Å². The lowest BCUT2D eigenvalue weighted by molar-refractivity contribution is -0.134. The standard InChI is InChI=1S/C9H13NO4/c1-7(11)6-8(12)9(13)10-2-4-14-5-3-10/h6,12H,2-5H2,1H3. The van der Waals surface area contributed by atoms with Gasteiger partial charge in [-0.3, -0.25) is 9.59 Å². The van der Waals surface area contributed by atoms with Crippen molar-refractivity contribution in [3.63, 3.8) is 0 Å². The number of nitrogens with zero attached hydrogens (tertiary/aromatic N) is 1. The first kappa shape index (κ1) is 10.7. The molecule has 1 aliphatic rings. The minimum absolute atomic E-state index is 0.343. The van der Waals surface area contributed by atoms with E-state index >= 15 is 0 Å². The molecule has 78 valence electrons. The number of amides is 1. The van der Waals surface area contributed by atoms with E-state index in [0.29, 0.717) is 26.3 Å². The number of rotatable bonds is 2. The Kier molecular flexibility index (Phi) is 3.64. The molecule has 0 atom stereocenters. The lowest BCUT2D eigenvalue weighted by Crippen LogP contribution is -2.41. The summed E-state index contributed by atoms with van der Waals surface area (Å²) in [5, 5.41) is 9.25. The van der Waals surface area contributed by atoms with Gasteiger partial charge in [0, 0.05) is 19.2 Å². The van der Waals surface area contributed by atoms with Gasteiger partial charge in [-0.2, -0.15) is 0 Å². The zero-order valence-electron chi connectivity index (χ0n) is 8.02. The van der Waals surface area contributed by atoms with Crippen LogP contribution >= 0.6 is 0 Å². The Morgan fingerprint density at radius 3 is 2.43 bits per heavy atom. The van der Waals surface area contributed by atoms with Crippen LogP contribution in [0.2, 0.25) is 0 Å². The summed E-state index contributed by atoms with van der Waals surface area (Å²) in [5.41, 5.74) is 0. The van der Waals surface area contributed by atoms with E-state index in [1.807, 2.05) is 0 Å². The maximum atomic E-state index is 11.4. The largest absolute Gasteiger partial charge is 0.503 e. The van der Waals surface area contributed by atoms with Crippen molar-refractivity contribution in [2.75, 3.05) is 26.3 Å². The van der Waals surface area contributed by atoms with Gasteiger partial charge in [0.15, 0.2) is 11.5 Å². The average Bonchev–Trinajstić information content (AvgIpc) is 2.17. The van der Waals surface area contributed by atoms with E-state index in [4.69, 9.17) is 4.74 Å². The molecule has 1 saturated heterocycles. The van der Waals surface area contributed by atoms with Gasteiger partial charge in [0.25, 0.3) is 5.91 Å². The van der Waals surface area contributed by atoms with Gasteiger partial charge in [0.05, 0.1) is 13.2 Å². The van der Waals surface area contributed by atoms with Gasteiger partial charge in [-0.15, -0.1) is 0 Å². The highest BCUT2D eigenvalue weighted by molar-refractivity contribution is 5.99. The molecule has 1 aliphatic heterocycles. The van der Waals surface area contributed by atoms with Crippen molar-refractivity contribution in [2.24, 2.45) is 0 Å². The van der Waals surface area contributed by atoms with Gasteiger partial charge in [0.2, 0.25) is 0 Å². The molecule has 1 fully saturated rings. The number of carbonyl (C=O) groups is 2. The summed E-state index contributed by atoms with van der Waals surface area (Å²) in [4.78, 5) is 23.5. The number of ketones is 1. The van der Waals surface area contributed by atoms with E-state index < -0.39 is 11.7 Å². The van der Waals surface area contributed by atoms with Crippen LogP contribution < -0.4 is 0 Å². The second-order valence-corrected chi connectivity index (χ2v) is 3.04. The number of morpholine rings is 1. The Hall–Kier alpha value is -1.36. The third kappa shape index (κ3) is 2.85. The summed E-state index contributed by atoms with van der Waals surface area (Å²) >= 11 is 0. The van der Waals surface area contributed by atoms with Crippen LogP contribution in [0.1, 0.15) is 6.92 Å². The van der Waals surface area contributed by atoms with Crippen LogP contribution in [0.4, 0.5) is 0 Å². The van der Waals surface area contributed by atoms with Gasteiger partial charge in [-0.1, -0.05) is 0 Å². The molecule has 0 aliphatic carbocycles. The molecule has 0 aromatic heterocycles. The van der Waals surface area contributed by atoms with E-state index in [9.17, 15) is 14.7 Å². The van der Waals surface area contributed by atoms with Gasteiger partial charge in [-0.25, -0.2) is 0 Å². The predicted octanol–water partition coefficient (Wildman–Crippen LogP) is -0.124. The first-order valence-electron chi connectivity index (χ1n) is 4.39. The van der Waals surface area contributed by atoms with Crippen LogP contribution in [0.5, 0.6) is 0 Å². The number of aliphatic hydroxyl groups excluding tert-OH is 1. The molecule has 5 heteroatoms. The topological polar surface area (TPSA) is 66.8 Å². The summed E-state index contributed by atoms with van der Waals surface area (Å²) in [6.07, 6.45) is 0.928. The van der Waals surface area contributed by atoms with E-state index in [-0.39, 0.29) is 5.78 Å². The predicted molar refractivity (Wildman–Crippen MR) is 48.8 cm³/mol. The van der Waals surface area contributed by atoms with Crippen molar-refractivity contribution in [1.82, 2.24) is 4.90 Å².